The number of alkyl halides is 3. The number of aryl methyl sites for hydroxylation is 2. The number of anilines is 1. The lowest BCUT2D eigenvalue weighted by atomic mass is 10.0. The minimum atomic E-state index is -4.54. The van der Waals surface area contributed by atoms with Crippen LogP contribution < -0.4 is 4.90 Å². The number of thiazole rings is 1. The molecule has 1 fully saturated rings. The van der Waals surface area contributed by atoms with Crippen LogP contribution in [0.5, 0.6) is 0 Å². The maximum Gasteiger partial charge on any atom is 0.435 e. The van der Waals surface area contributed by atoms with Gasteiger partial charge in [-0.3, -0.25) is 9.48 Å². The number of rotatable bonds is 6. The number of carbonyl (C=O) groups is 1. The zero-order valence-electron chi connectivity index (χ0n) is 21.0. The molecule has 1 amide bonds. The van der Waals surface area contributed by atoms with Gasteiger partial charge in [-0.05, 0) is 44.4 Å². The Morgan fingerprint density at radius 1 is 1.15 bits per heavy atom. The Labute approximate surface area is 236 Å². The van der Waals surface area contributed by atoms with Gasteiger partial charge in [-0.1, -0.05) is 45.8 Å². The summed E-state index contributed by atoms with van der Waals surface area (Å²) in [5.74, 6) is -0.264. The van der Waals surface area contributed by atoms with E-state index < -0.39 is 11.9 Å². The van der Waals surface area contributed by atoms with Crippen molar-refractivity contribution in [2.24, 2.45) is 5.16 Å². The number of amides is 1. The standard InChI is InChI=1S/C25H25Cl2F3N6O2S/c1-15-11-21(25(28,29)30)32-36(15)13-22(37)34-7-9-35(10-8-34)24-31-19-3-2-4-20(23(19)39-24)33-38-14-16-5-6-17(26)12-18(16)27/h5-6,11-12H,2-4,7-10,13-14H2,1H3. The van der Waals surface area contributed by atoms with E-state index in [0.717, 1.165) is 57.0 Å². The van der Waals surface area contributed by atoms with E-state index in [0.29, 0.717) is 41.9 Å². The maximum absolute atomic E-state index is 12.9. The highest BCUT2D eigenvalue weighted by molar-refractivity contribution is 7.17. The average molecular weight is 601 g/mol. The summed E-state index contributed by atoms with van der Waals surface area (Å²) in [4.78, 5) is 28.0. The molecule has 0 unspecified atom stereocenters. The van der Waals surface area contributed by atoms with Gasteiger partial charge < -0.3 is 14.6 Å². The Balaban J connectivity index is 1.19. The van der Waals surface area contributed by atoms with Crippen LogP contribution in [-0.4, -0.2) is 57.5 Å². The largest absolute Gasteiger partial charge is 0.435 e. The topological polar surface area (TPSA) is 75.9 Å². The first kappa shape index (κ1) is 27.7. The minimum absolute atomic E-state index is 0.228. The summed E-state index contributed by atoms with van der Waals surface area (Å²) in [6.45, 7) is 3.54. The van der Waals surface area contributed by atoms with Crippen LogP contribution in [-0.2, 0) is 35.4 Å². The van der Waals surface area contributed by atoms with Gasteiger partial charge in [0.1, 0.15) is 13.2 Å². The van der Waals surface area contributed by atoms with Gasteiger partial charge in [0.15, 0.2) is 10.8 Å². The van der Waals surface area contributed by atoms with E-state index in [9.17, 15) is 18.0 Å². The van der Waals surface area contributed by atoms with Crippen molar-refractivity contribution in [3.8, 4) is 0 Å². The molecule has 0 spiro atoms. The van der Waals surface area contributed by atoms with Crippen molar-refractivity contribution in [1.29, 1.82) is 0 Å². The molecular formula is C25H25Cl2F3N6O2S. The molecule has 1 aliphatic carbocycles. The third-order valence-electron chi connectivity index (χ3n) is 6.64. The van der Waals surface area contributed by atoms with Crippen molar-refractivity contribution in [3.63, 3.8) is 0 Å². The van der Waals surface area contributed by atoms with E-state index in [1.165, 1.54) is 6.92 Å². The molecule has 5 rings (SSSR count). The third kappa shape index (κ3) is 6.33. The highest BCUT2D eigenvalue weighted by Crippen LogP contribution is 2.33. The van der Waals surface area contributed by atoms with Gasteiger partial charge in [0.2, 0.25) is 5.91 Å². The summed E-state index contributed by atoms with van der Waals surface area (Å²) < 4.78 is 39.9. The van der Waals surface area contributed by atoms with E-state index in [-0.39, 0.29) is 19.1 Å². The number of benzene rings is 1. The summed E-state index contributed by atoms with van der Waals surface area (Å²) in [6, 6.07) is 6.18. The summed E-state index contributed by atoms with van der Waals surface area (Å²) in [6.07, 6.45) is -1.98. The van der Waals surface area contributed by atoms with Crippen LogP contribution in [0.25, 0.3) is 0 Å². The molecule has 2 aliphatic rings. The van der Waals surface area contributed by atoms with Gasteiger partial charge in [-0.25, -0.2) is 4.98 Å². The van der Waals surface area contributed by atoms with Crippen LogP contribution >= 0.6 is 34.5 Å². The number of oxime groups is 1. The zero-order chi connectivity index (χ0) is 27.7. The number of aromatic nitrogens is 3. The van der Waals surface area contributed by atoms with Crippen molar-refractivity contribution in [1.82, 2.24) is 19.7 Å². The molecular weight excluding hydrogens is 576 g/mol. The van der Waals surface area contributed by atoms with E-state index in [2.05, 4.69) is 15.2 Å². The molecule has 14 heteroatoms. The van der Waals surface area contributed by atoms with Crippen molar-refractivity contribution in [3.05, 3.63) is 61.8 Å². The van der Waals surface area contributed by atoms with Gasteiger partial charge in [0.25, 0.3) is 0 Å². The fourth-order valence-electron chi connectivity index (χ4n) is 4.50. The molecule has 8 nitrogen and oxygen atoms in total. The van der Waals surface area contributed by atoms with Crippen LogP contribution in [0.1, 0.15) is 40.4 Å². The Morgan fingerprint density at radius 2 is 1.92 bits per heavy atom. The summed E-state index contributed by atoms with van der Waals surface area (Å²) >= 11 is 13.7. The second-order valence-corrected chi connectivity index (χ2v) is 11.2. The molecule has 1 saturated heterocycles. The second kappa shape index (κ2) is 11.3. The Hall–Kier alpha value is -2.83. The molecule has 0 bridgehead atoms. The minimum Gasteiger partial charge on any atom is -0.391 e. The molecule has 39 heavy (non-hydrogen) atoms. The van der Waals surface area contributed by atoms with Gasteiger partial charge >= 0.3 is 6.18 Å². The molecule has 3 heterocycles. The highest BCUT2D eigenvalue weighted by Gasteiger charge is 2.35. The molecule has 0 saturated carbocycles. The number of piperazine rings is 1. The van der Waals surface area contributed by atoms with Crippen LogP contribution in [0.2, 0.25) is 10.0 Å². The van der Waals surface area contributed by atoms with E-state index in [1.807, 2.05) is 6.07 Å². The monoisotopic (exact) mass is 600 g/mol. The van der Waals surface area contributed by atoms with Crippen LogP contribution in [0.4, 0.5) is 18.3 Å². The zero-order valence-corrected chi connectivity index (χ0v) is 23.3. The number of carbonyl (C=O) groups excluding carboxylic acids is 1. The molecule has 3 aromatic rings. The third-order valence-corrected chi connectivity index (χ3v) is 8.44. The van der Waals surface area contributed by atoms with Gasteiger partial charge in [-0.2, -0.15) is 18.3 Å². The first-order chi connectivity index (χ1) is 18.6. The quantitative estimate of drug-likeness (QED) is 0.345. The predicted molar refractivity (Wildman–Crippen MR) is 144 cm³/mol. The molecule has 2 aromatic heterocycles. The first-order valence-electron chi connectivity index (χ1n) is 12.4. The van der Waals surface area contributed by atoms with Crippen molar-refractivity contribution >= 4 is 51.3 Å². The van der Waals surface area contributed by atoms with Crippen LogP contribution in [0.15, 0.2) is 29.4 Å². The first-order valence-corrected chi connectivity index (χ1v) is 13.9. The fraction of sp³-hybridized carbons (Fsp3) is 0.440. The fourth-order valence-corrected chi connectivity index (χ4v) is 6.13. The number of hydrogen-bond acceptors (Lipinski definition) is 7. The van der Waals surface area contributed by atoms with Crippen molar-refractivity contribution < 1.29 is 22.8 Å². The lowest BCUT2D eigenvalue weighted by Gasteiger charge is -2.34. The molecule has 1 aliphatic heterocycles. The van der Waals surface area contributed by atoms with Crippen LogP contribution in [0, 0.1) is 6.92 Å². The maximum atomic E-state index is 12.9. The van der Waals surface area contributed by atoms with E-state index in [1.54, 1.807) is 28.4 Å². The Morgan fingerprint density at radius 3 is 2.62 bits per heavy atom. The number of halogens is 5. The number of nitrogens with zero attached hydrogens (tertiary/aromatic N) is 6. The Bertz CT molecular complexity index is 1400. The summed E-state index contributed by atoms with van der Waals surface area (Å²) in [7, 11) is 0. The molecule has 0 radical (unpaired) electrons. The van der Waals surface area contributed by atoms with E-state index in [4.69, 9.17) is 33.0 Å². The van der Waals surface area contributed by atoms with Gasteiger partial charge in [0, 0.05) is 47.5 Å². The van der Waals surface area contributed by atoms with Gasteiger partial charge in [-0.15, -0.1) is 0 Å². The SMILES string of the molecule is Cc1cc(C(F)(F)F)nn1CC(=O)N1CCN(c2nc3c(s2)C(=NOCc2ccc(Cl)cc2Cl)CCC3)CC1. The highest BCUT2D eigenvalue weighted by atomic mass is 35.5. The predicted octanol–water partition coefficient (Wildman–Crippen LogP) is 5.58. The molecule has 1 aromatic carbocycles. The number of fused-ring (bicyclic) bond motifs is 1. The lowest BCUT2D eigenvalue weighted by Crippen LogP contribution is -2.49. The normalized spacial score (nSPS) is 17.0. The average Bonchev–Trinajstić information content (AvgIpc) is 3.50. The van der Waals surface area contributed by atoms with Crippen LogP contribution in [0.3, 0.4) is 0 Å². The Kier molecular flexibility index (Phi) is 8.06. The molecule has 0 atom stereocenters. The number of hydrogen-bond donors (Lipinski definition) is 0. The summed E-state index contributed by atoms with van der Waals surface area (Å²) in [5, 5.41) is 9.89. The van der Waals surface area contributed by atoms with Gasteiger partial charge in [0.05, 0.1) is 16.3 Å². The van der Waals surface area contributed by atoms with E-state index >= 15 is 0 Å². The summed E-state index contributed by atoms with van der Waals surface area (Å²) in [5.41, 5.74) is 1.93. The second-order valence-electron chi connectivity index (χ2n) is 9.37. The lowest BCUT2D eigenvalue weighted by molar-refractivity contribution is -0.142. The van der Waals surface area contributed by atoms with Crippen molar-refractivity contribution in [2.45, 2.75) is 45.5 Å². The smallest absolute Gasteiger partial charge is 0.391 e. The van der Waals surface area contributed by atoms with Crippen molar-refractivity contribution in [2.75, 3.05) is 31.1 Å². The molecule has 0 N–H and O–H groups in total. The molecule has 208 valence electrons.